The van der Waals surface area contributed by atoms with Crippen LogP contribution in [-0.2, 0) is 9.53 Å². The molecule has 1 atom stereocenters. The summed E-state index contributed by atoms with van der Waals surface area (Å²) in [6.45, 7) is 4.06. The van der Waals surface area contributed by atoms with Crippen molar-refractivity contribution in [1.82, 2.24) is 0 Å². The maximum absolute atomic E-state index is 10.7. The molecule has 0 aromatic heterocycles. The van der Waals surface area contributed by atoms with Gasteiger partial charge in [-0.25, -0.2) is 0 Å². The van der Waals surface area contributed by atoms with Gasteiger partial charge >= 0.3 is 5.97 Å². The molecule has 1 aliphatic heterocycles. The van der Waals surface area contributed by atoms with Crippen LogP contribution in [-0.4, -0.2) is 36.9 Å². The lowest BCUT2D eigenvalue weighted by Crippen LogP contribution is -2.43. The van der Waals surface area contributed by atoms with Crippen molar-refractivity contribution in [3.63, 3.8) is 0 Å². The minimum absolute atomic E-state index is 0.0615. The Morgan fingerprint density at radius 3 is 3.06 bits per heavy atom. The fraction of sp³-hybridized carbons (Fsp3) is 0.462. The van der Waals surface area contributed by atoms with Gasteiger partial charge in [-0.15, -0.1) is 0 Å². The molecule has 0 saturated carbocycles. The number of aliphatic carboxylic acids is 1. The van der Waals surface area contributed by atoms with Crippen LogP contribution in [0, 0.1) is 6.92 Å². The van der Waals surface area contributed by atoms with Gasteiger partial charge in [0.1, 0.15) is 0 Å². The Hall–Kier alpha value is -1.07. The molecule has 0 bridgehead atoms. The number of ether oxygens (including phenoxy) is 1. The number of carboxylic acid groups (broad SMARTS) is 1. The number of nitrogens with zero attached hydrogens (tertiary/aromatic N) is 1. The zero-order valence-electron chi connectivity index (χ0n) is 10.2. The molecule has 1 unspecified atom stereocenters. The largest absolute Gasteiger partial charge is 0.481 e. The predicted molar refractivity (Wildman–Crippen MR) is 73.1 cm³/mol. The third-order valence-electron chi connectivity index (χ3n) is 3.05. The molecule has 18 heavy (non-hydrogen) atoms. The number of aryl methyl sites for hydroxylation is 1. The van der Waals surface area contributed by atoms with Crippen LogP contribution >= 0.6 is 15.9 Å². The lowest BCUT2D eigenvalue weighted by Gasteiger charge is -2.34. The average molecular weight is 314 g/mol. The first kappa shape index (κ1) is 13.4. The molecule has 1 N–H and O–H groups in total. The van der Waals surface area contributed by atoms with Crippen molar-refractivity contribution in [2.75, 3.05) is 24.6 Å². The monoisotopic (exact) mass is 313 g/mol. The summed E-state index contributed by atoms with van der Waals surface area (Å²) in [4.78, 5) is 12.9. The lowest BCUT2D eigenvalue weighted by atomic mass is 10.1. The van der Waals surface area contributed by atoms with Gasteiger partial charge in [0.05, 0.1) is 19.1 Å². The van der Waals surface area contributed by atoms with E-state index in [-0.39, 0.29) is 12.5 Å². The van der Waals surface area contributed by atoms with Crippen LogP contribution in [0.1, 0.15) is 12.0 Å². The van der Waals surface area contributed by atoms with Gasteiger partial charge in [-0.1, -0.05) is 15.9 Å². The van der Waals surface area contributed by atoms with Gasteiger partial charge < -0.3 is 14.7 Å². The molecule has 4 nitrogen and oxygen atoms in total. The molecule has 1 aliphatic rings. The molecule has 1 heterocycles. The van der Waals surface area contributed by atoms with E-state index in [4.69, 9.17) is 9.84 Å². The van der Waals surface area contributed by atoms with E-state index in [2.05, 4.69) is 26.9 Å². The average Bonchev–Trinajstić information content (AvgIpc) is 2.32. The van der Waals surface area contributed by atoms with Gasteiger partial charge in [0.25, 0.3) is 0 Å². The minimum atomic E-state index is -0.811. The minimum Gasteiger partial charge on any atom is -0.481 e. The van der Waals surface area contributed by atoms with E-state index in [9.17, 15) is 4.79 Å². The van der Waals surface area contributed by atoms with Crippen molar-refractivity contribution in [1.29, 1.82) is 0 Å². The number of anilines is 1. The highest BCUT2D eigenvalue weighted by Crippen LogP contribution is 2.24. The second-order valence-corrected chi connectivity index (χ2v) is 5.32. The lowest BCUT2D eigenvalue weighted by molar-refractivity contribution is -0.140. The number of rotatable bonds is 3. The van der Waals surface area contributed by atoms with Crippen LogP contribution in [0.25, 0.3) is 0 Å². The highest BCUT2D eigenvalue weighted by Gasteiger charge is 2.23. The smallest absolute Gasteiger partial charge is 0.306 e. The fourth-order valence-corrected chi connectivity index (χ4v) is 2.34. The second kappa shape index (κ2) is 5.71. The molecule has 1 saturated heterocycles. The van der Waals surface area contributed by atoms with Crippen molar-refractivity contribution >= 4 is 27.6 Å². The van der Waals surface area contributed by atoms with E-state index in [1.54, 1.807) is 0 Å². The maximum atomic E-state index is 10.7. The number of morpholine rings is 1. The highest BCUT2D eigenvalue weighted by molar-refractivity contribution is 9.10. The number of halogens is 1. The molecule has 0 amide bonds. The van der Waals surface area contributed by atoms with Crippen LogP contribution < -0.4 is 4.90 Å². The zero-order valence-corrected chi connectivity index (χ0v) is 11.8. The van der Waals surface area contributed by atoms with Crippen molar-refractivity contribution in [2.45, 2.75) is 19.4 Å². The van der Waals surface area contributed by atoms with E-state index in [0.29, 0.717) is 13.2 Å². The highest BCUT2D eigenvalue weighted by atomic mass is 79.9. The first-order chi connectivity index (χ1) is 8.56. The Labute approximate surface area is 115 Å². The number of carbonyl (C=O) groups is 1. The standard InChI is InChI=1S/C13H16BrNO3/c1-9-6-10(2-3-12(9)14)15-4-5-18-11(8-15)7-13(16)17/h2-3,6,11H,4-5,7-8H2,1H3,(H,16,17). The van der Waals surface area contributed by atoms with Gasteiger partial charge in [-0.05, 0) is 30.7 Å². The number of hydrogen-bond donors (Lipinski definition) is 1. The first-order valence-electron chi connectivity index (χ1n) is 5.91. The molecule has 2 rings (SSSR count). The summed E-state index contributed by atoms with van der Waals surface area (Å²) in [5.74, 6) is -0.811. The molecule has 5 heteroatoms. The Morgan fingerprint density at radius 2 is 2.39 bits per heavy atom. The van der Waals surface area contributed by atoms with Gasteiger partial charge in [0, 0.05) is 23.2 Å². The Kier molecular flexibility index (Phi) is 4.24. The molecule has 1 aromatic rings. The molecular formula is C13H16BrNO3. The van der Waals surface area contributed by atoms with Crippen LogP contribution in [0.15, 0.2) is 22.7 Å². The Balaban J connectivity index is 2.08. The number of benzene rings is 1. The number of hydrogen-bond acceptors (Lipinski definition) is 3. The summed E-state index contributed by atoms with van der Waals surface area (Å²) < 4.78 is 6.55. The van der Waals surface area contributed by atoms with Gasteiger partial charge in [-0.3, -0.25) is 4.79 Å². The summed E-state index contributed by atoms with van der Waals surface area (Å²) in [5, 5.41) is 8.80. The molecule has 0 aliphatic carbocycles. The molecule has 1 fully saturated rings. The second-order valence-electron chi connectivity index (χ2n) is 4.47. The van der Waals surface area contributed by atoms with Crippen LogP contribution in [0.4, 0.5) is 5.69 Å². The predicted octanol–water partition coefficient (Wildman–Crippen LogP) is 2.44. The summed E-state index contributed by atoms with van der Waals surface area (Å²) >= 11 is 3.48. The molecular weight excluding hydrogens is 298 g/mol. The third kappa shape index (κ3) is 3.23. The SMILES string of the molecule is Cc1cc(N2CCOC(CC(=O)O)C2)ccc1Br. The van der Waals surface area contributed by atoms with E-state index in [1.165, 1.54) is 5.56 Å². The van der Waals surface area contributed by atoms with Crippen LogP contribution in [0.3, 0.4) is 0 Å². The third-order valence-corrected chi connectivity index (χ3v) is 3.94. The molecule has 98 valence electrons. The summed E-state index contributed by atoms with van der Waals surface area (Å²) in [7, 11) is 0. The van der Waals surface area contributed by atoms with E-state index >= 15 is 0 Å². The quantitative estimate of drug-likeness (QED) is 0.931. The summed E-state index contributed by atoms with van der Waals surface area (Å²) in [6, 6.07) is 6.17. The van der Waals surface area contributed by atoms with Gasteiger partial charge in [-0.2, -0.15) is 0 Å². The molecule has 0 spiro atoms. The topological polar surface area (TPSA) is 49.8 Å². The number of carboxylic acids is 1. The van der Waals surface area contributed by atoms with E-state index in [0.717, 1.165) is 16.7 Å². The van der Waals surface area contributed by atoms with E-state index < -0.39 is 5.97 Å². The van der Waals surface area contributed by atoms with Crippen molar-refractivity contribution < 1.29 is 14.6 Å². The van der Waals surface area contributed by atoms with Gasteiger partial charge in [0.2, 0.25) is 0 Å². The van der Waals surface area contributed by atoms with Crippen molar-refractivity contribution in [2.24, 2.45) is 0 Å². The van der Waals surface area contributed by atoms with Crippen molar-refractivity contribution in [3.05, 3.63) is 28.2 Å². The molecule has 0 radical (unpaired) electrons. The van der Waals surface area contributed by atoms with Gasteiger partial charge in [0.15, 0.2) is 0 Å². The Morgan fingerprint density at radius 1 is 1.61 bits per heavy atom. The summed E-state index contributed by atoms with van der Waals surface area (Å²) in [5.41, 5.74) is 2.29. The fourth-order valence-electron chi connectivity index (χ4n) is 2.10. The van der Waals surface area contributed by atoms with Crippen molar-refractivity contribution in [3.8, 4) is 0 Å². The normalized spacial score (nSPS) is 19.9. The summed E-state index contributed by atoms with van der Waals surface area (Å²) in [6.07, 6.45) is -0.161. The first-order valence-corrected chi connectivity index (χ1v) is 6.70. The maximum Gasteiger partial charge on any atom is 0.306 e. The zero-order chi connectivity index (χ0) is 13.1. The Bertz CT molecular complexity index is 450. The molecule has 1 aromatic carbocycles. The van der Waals surface area contributed by atoms with Crippen LogP contribution in [0.2, 0.25) is 0 Å². The van der Waals surface area contributed by atoms with Crippen LogP contribution in [0.5, 0.6) is 0 Å². The van der Waals surface area contributed by atoms with E-state index in [1.807, 2.05) is 19.1 Å².